The van der Waals surface area contributed by atoms with Crippen LogP contribution in [-0.2, 0) is 33.6 Å². The first-order valence-electron chi connectivity index (χ1n) is 12.0. The first-order chi connectivity index (χ1) is 19.4. The van der Waals surface area contributed by atoms with Crippen molar-refractivity contribution in [3.63, 3.8) is 0 Å². The number of halogens is 9. The Kier molecular flexibility index (Phi) is 8.39. The van der Waals surface area contributed by atoms with Crippen LogP contribution < -0.4 is 0 Å². The Labute approximate surface area is 232 Å². The van der Waals surface area contributed by atoms with Gasteiger partial charge in [0.25, 0.3) is 0 Å². The molecule has 3 heterocycles. The number of Topliss-reactive ketones (excluding diaryl/α,β-unsaturated/α-hetero) is 1. The van der Waals surface area contributed by atoms with Crippen LogP contribution in [0.5, 0.6) is 0 Å². The van der Waals surface area contributed by atoms with Crippen molar-refractivity contribution < 1.29 is 52.7 Å². The molecule has 1 aromatic carbocycles. The smallest absolute Gasteiger partial charge is 0.298 e. The van der Waals surface area contributed by atoms with Gasteiger partial charge in [0.05, 0.1) is 28.2 Å². The normalized spacial score (nSPS) is 20.2. The van der Waals surface area contributed by atoms with Gasteiger partial charge in [0.2, 0.25) is 15.8 Å². The van der Waals surface area contributed by atoms with Crippen molar-refractivity contribution in [2.45, 2.75) is 61.7 Å². The summed E-state index contributed by atoms with van der Waals surface area (Å²) in [5, 5.41) is 0. The van der Waals surface area contributed by atoms with E-state index in [0.717, 1.165) is 19.1 Å². The van der Waals surface area contributed by atoms with Gasteiger partial charge in [-0.05, 0) is 43.2 Å². The zero-order valence-electron chi connectivity index (χ0n) is 21.2. The van der Waals surface area contributed by atoms with E-state index in [9.17, 15) is 52.7 Å². The number of carbonyl (C=O) groups excluding carboxylic acids is 1. The van der Waals surface area contributed by atoms with Crippen molar-refractivity contribution in [3.8, 4) is 11.3 Å². The van der Waals surface area contributed by atoms with Crippen LogP contribution in [0.1, 0.15) is 36.7 Å². The fourth-order valence-corrected chi connectivity index (χ4v) is 6.37. The predicted octanol–water partition coefficient (Wildman–Crippen LogP) is 5.55. The van der Waals surface area contributed by atoms with Gasteiger partial charge >= 0.3 is 12.4 Å². The number of aryl methyl sites for hydroxylation is 1. The molecule has 0 saturated carbocycles. The first-order valence-corrected chi connectivity index (χ1v) is 13.5. The molecular formula is C25H19F9N4O3S. The van der Waals surface area contributed by atoms with E-state index in [1.165, 1.54) is 0 Å². The van der Waals surface area contributed by atoms with E-state index in [1.807, 2.05) is 0 Å². The van der Waals surface area contributed by atoms with E-state index in [0.29, 0.717) is 35.0 Å². The van der Waals surface area contributed by atoms with Crippen LogP contribution >= 0.6 is 0 Å². The number of hydrogen-bond donors (Lipinski definition) is 0. The molecule has 0 radical (unpaired) electrons. The third-order valence-corrected chi connectivity index (χ3v) is 8.65. The maximum Gasteiger partial charge on any atom is 0.451 e. The number of carbonyl (C=O) groups is 1. The molecule has 7 nitrogen and oxygen atoms in total. The summed E-state index contributed by atoms with van der Waals surface area (Å²) in [6.07, 6.45) is -11.8. The fourth-order valence-electron chi connectivity index (χ4n) is 4.52. The summed E-state index contributed by atoms with van der Waals surface area (Å²) in [6.45, 7) is 1.15. The molecule has 4 rings (SSSR count). The maximum atomic E-state index is 14.7. The average molecular weight is 627 g/mol. The van der Waals surface area contributed by atoms with Crippen molar-refractivity contribution in [3.05, 3.63) is 71.4 Å². The Morgan fingerprint density at radius 1 is 0.952 bits per heavy atom. The van der Waals surface area contributed by atoms with E-state index in [4.69, 9.17) is 0 Å². The fraction of sp³-hybridized carbons (Fsp3) is 0.360. The Morgan fingerprint density at radius 3 is 2.17 bits per heavy atom. The lowest BCUT2D eigenvalue weighted by molar-refractivity contribution is -0.145. The average Bonchev–Trinajstić information content (AvgIpc) is 3.22. The molecular weight excluding hydrogens is 607 g/mol. The van der Waals surface area contributed by atoms with Crippen LogP contribution in [0.15, 0.2) is 47.8 Å². The molecule has 0 N–H and O–H groups in total. The van der Waals surface area contributed by atoms with E-state index in [2.05, 4.69) is 15.0 Å². The molecule has 17 heteroatoms. The Hall–Kier alpha value is -3.60. The number of sulfonamides is 1. The summed E-state index contributed by atoms with van der Waals surface area (Å²) < 4.78 is 148. The van der Waals surface area contributed by atoms with Crippen LogP contribution in [0.4, 0.5) is 39.5 Å². The number of aromatic nitrogens is 3. The summed E-state index contributed by atoms with van der Waals surface area (Å²) in [5.74, 6) is -5.28. The van der Waals surface area contributed by atoms with Crippen LogP contribution in [0, 0.1) is 11.6 Å². The van der Waals surface area contributed by atoms with Crippen molar-refractivity contribution in [2.24, 2.45) is 0 Å². The monoisotopic (exact) mass is 626 g/mol. The van der Waals surface area contributed by atoms with Crippen molar-refractivity contribution in [1.29, 1.82) is 0 Å². The second kappa shape index (κ2) is 11.2. The molecule has 1 saturated heterocycles. The van der Waals surface area contributed by atoms with Gasteiger partial charge in [-0.25, -0.2) is 31.6 Å². The summed E-state index contributed by atoms with van der Waals surface area (Å²) in [6, 6.07) is -0.556. The third kappa shape index (κ3) is 6.25. The lowest BCUT2D eigenvalue weighted by Crippen LogP contribution is -2.44. The van der Waals surface area contributed by atoms with Crippen LogP contribution in [-0.4, -0.2) is 51.7 Å². The molecule has 2 aromatic heterocycles. The second-order valence-corrected chi connectivity index (χ2v) is 11.2. The van der Waals surface area contributed by atoms with Crippen molar-refractivity contribution in [2.75, 3.05) is 0 Å². The summed E-state index contributed by atoms with van der Waals surface area (Å²) in [7, 11) is -4.74. The molecule has 226 valence electrons. The number of nitrogens with zero attached hydrogens (tertiary/aromatic N) is 4. The highest BCUT2D eigenvalue weighted by atomic mass is 32.2. The summed E-state index contributed by atoms with van der Waals surface area (Å²) >= 11 is 0. The zero-order valence-corrected chi connectivity index (χ0v) is 22.0. The molecule has 3 aromatic rings. The van der Waals surface area contributed by atoms with Gasteiger partial charge < -0.3 is 0 Å². The van der Waals surface area contributed by atoms with E-state index >= 15 is 0 Å². The number of ketones is 1. The molecule has 0 unspecified atom stereocenters. The number of pyridine rings is 1. The van der Waals surface area contributed by atoms with Gasteiger partial charge in [-0.15, -0.1) is 0 Å². The lowest BCUT2D eigenvalue weighted by Gasteiger charge is -2.27. The van der Waals surface area contributed by atoms with Crippen LogP contribution in [0.2, 0.25) is 0 Å². The van der Waals surface area contributed by atoms with Crippen molar-refractivity contribution in [1.82, 2.24) is 19.3 Å². The Bertz CT molecular complexity index is 1600. The Balaban J connectivity index is 1.62. The molecule has 1 aliphatic heterocycles. The highest BCUT2D eigenvalue weighted by Crippen LogP contribution is 2.37. The minimum Gasteiger partial charge on any atom is -0.298 e. The second-order valence-electron chi connectivity index (χ2n) is 9.40. The SMILES string of the molecule is C[C@H]1[C@H](F)C[C@@H](C(=O)CCc2cc(-c3cnc(C(F)(F)F)nc3)ncc2C(F)(F)F)N1S(=O)(=O)c1ccc(F)c(F)c1. The lowest BCUT2D eigenvalue weighted by atomic mass is 9.98. The number of rotatable bonds is 7. The minimum absolute atomic E-state index is 0.155. The van der Waals surface area contributed by atoms with E-state index in [-0.39, 0.29) is 11.3 Å². The first kappa shape index (κ1) is 31.3. The quantitative estimate of drug-likeness (QED) is 0.320. The minimum atomic E-state index is -4.95. The molecule has 0 bridgehead atoms. The Morgan fingerprint density at radius 2 is 1.60 bits per heavy atom. The molecule has 0 spiro atoms. The summed E-state index contributed by atoms with van der Waals surface area (Å²) in [4.78, 5) is 22.3. The van der Waals surface area contributed by atoms with Crippen molar-refractivity contribution >= 4 is 15.8 Å². The number of benzene rings is 1. The number of hydrogen-bond acceptors (Lipinski definition) is 6. The standard InChI is InChI=1S/C25H19F9N4O3S/c1-12-18(27)8-21(38(12)42(40,41)15-3-4-17(26)19(28)7-15)22(39)5-2-13-6-20(35-11-16(13)24(29,30)31)14-9-36-23(37-10-14)25(32,33)34/h3-4,6-7,9-12,18,21H,2,5,8H2,1H3/t12-,18+,21-/m0/s1. The zero-order chi connectivity index (χ0) is 31.2. The van der Waals surface area contributed by atoms with Crippen LogP contribution in [0.25, 0.3) is 11.3 Å². The topological polar surface area (TPSA) is 93.1 Å². The molecule has 0 aliphatic carbocycles. The highest BCUT2D eigenvalue weighted by molar-refractivity contribution is 7.89. The van der Waals surface area contributed by atoms with Gasteiger partial charge in [-0.2, -0.15) is 30.6 Å². The van der Waals surface area contributed by atoms with Gasteiger partial charge in [0, 0.05) is 37.0 Å². The van der Waals surface area contributed by atoms with Gasteiger partial charge in [0.1, 0.15) is 6.17 Å². The maximum absolute atomic E-state index is 14.7. The molecule has 42 heavy (non-hydrogen) atoms. The highest BCUT2D eigenvalue weighted by Gasteiger charge is 2.49. The van der Waals surface area contributed by atoms with E-state index in [1.54, 1.807) is 0 Å². The van der Waals surface area contributed by atoms with E-state index < -0.39 is 99.2 Å². The molecule has 1 aliphatic rings. The number of alkyl halides is 7. The molecule has 3 atom stereocenters. The molecule has 0 amide bonds. The van der Waals surface area contributed by atoms with Gasteiger partial charge in [0.15, 0.2) is 17.4 Å². The predicted molar refractivity (Wildman–Crippen MR) is 127 cm³/mol. The summed E-state index contributed by atoms with van der Waals surface area (Å²) in [5.41, 5.74) is -2.15. The van der Waals surface area contributed by atoms with Crippen LogP contribution in [0.3, 0.4) is 0 Å². The van der Waals surface area contributed by atoms with Gasteiger partial charge in [-0.3, -0.25) is 9.78 Å². The largest absolute Gasteiger partial charge is 0.451 e. The molecule has 1 fully saturated rings. The third-order valence-electron chi connectivity index (χ3n) is 6.66. The van der Waals surface area contributed by atoms with Gasteiger partial charge in [-0.1, -0.05) is 0 Å².